The monoisotopic (exact) mass is 244 g/mol. The molecule has 0 N–H and O–H groups in total. The van der Waals surface area contributed by atoms with Gasteiger partial charge in [0.05, 0.1) is 0 Å². The largest absolute Gasteiger partial charge is 0.290 e. The van der Waals surface area contributed by atoms with E-state index in [9.17, 15) is 4.79 Å². The Morgan fingerprint density at radius 2 is 1.78 bits per heavy atom. The second-order valence-corrected chi connectivity index (χ2v) is 6.69. The third kappa shape index (κ3) is 9.53. The van der Waals surface area contributed by atoms with Crippen molar-refractivity contribution < 1.29 is 4.79 Å². The molecule has 0 spiro atoms. The fourth-order valence-electron chi connectivity index (χ4n) is 0.0800. The molecule has 0 aromatic carbocycles. The van der Waals surface area contributed by atoms with Crippen LogP contribution in [0, 0.1) is 0 Å². The zero-order valence-electron chi connectivity index (χ0n) is 3.74. The summed E-state index contributed by atoms with van der Waals surface area (Å²) in [5.74, 6) is 0. The number of hydrogen-bond donors (Lipinski definition) is 0. The van der Waals surface area contributed by atoms with Crippen molar-refractivity contribution in [1.82, 2.24) is 0 Å². The first-order valence-corrected chi connectivity index (χ1v) is 5.20. The summed E-state index contributed by atoms with van der Waals surface area (Å²) in [6.45, 7) is 0. The van der Waals surface area contributed by atoms with Gasteiger partial charge in [-0.25, -0.2) is 0 Å². The molecule has 9 heavy (non-hydrogen) atoms. The molecular formula is C2Cl4OS2. The van der Waals surface area contributed by atoms with Crippen LogP contribution in [0.5, 0.6) is 0 Å². The number of halogens is 4. The number of rotatable bonds is 1. The molecular weight excluding hydrogens is 246 g/mol. The minimum atomic E-state index is -1.48. The van der Waals surface area contributed by atoms with Gasteiger partial charge in [-0.2, -0.15) is 0 Å². The third-order valence-electron chi connectivity index (χ3n) is 0.202. The van der Waals surface area contributed by atoms with Gasteiger partial charge in [-0.3, -0.25) is 4.79 Å². The summed E-state index contributed by atoms with van der Waals surface area (Å²) in [4.78, 5) is 10.0. The van der Waals surface area contributed by atoms with Crippen molar-refractivity contribution in [3.8, 4) is 0 Å². The van der Waals surface area contributed by atoms with Crippen molar-refractivity contribution in [3.63, 3.8) is 0 Å². The van der Waals surface area contributed by atoms with Crippen LogP contribution < -0.4 is 0 Å². The smallest absolute Gasteiger partial charge is 0.267 e. The zero-order valence-corrected chi connectivity index (χ0v) is 8.39. The second-order valence-electron chi connectivity index (χ2n) is 0.850. The van der Waals surface area contributed by atoms with Crippen LogP contribution >= 0.6 is 68.0 Å². The lowest BCUT2D eigenvalue weighted by Crippen LogP contribution is -1.89. The fraction of sp³-hybridized carbons (Fsp3) is 0.500. The zero-order chi connectivity index (χ0) is 7.49. The van der Waals surface area contributed by atoms with Gasteiger partial charge in [0.25, 0.3) is 4.57 Å². The molecule has 0 heterocycles. The standard InChI is InChI=1S/C2Cl4OS2/c3-1(7)8-9-2(4,5)6. The molecule has 0 fully saturated rings. The van der Waals surface area contributed by atoms with E-state index in [0.717, 1.165) is 10.8 Å². The van der Waals surface area contributed by atoms with E-state index in [1.54, 1.807) is 0 Å². The molecule has 54 valence electrons. The van der Waals surface area contributed by atoms with E-state index >= 15 is 0 Å². The Kier molecular flexibility index (Phi) is 5.17. The van der Waals surface area contributed by atoms with Crippen molar-refractivity contribution >= 4 is 72.6 Å². The van der Waals surface area contributed by atoms with Crippen LogP contribution in [0.1, 0.15) is 0 Å². The van der Waals surface area contributed by atoms with Crippen molar-refractivity contribution in [2.75, 3.05) is 0 Å². The van der Waals surface area contributed by atoms with Crippen molar-refractivity contribution in [2.24, 2.45) is 0 Å². The molecule has 0 aliphatic rings. The van der Waals surface area contributed by atoms with Crippen LogP contribution in [-0.2, 0) is 0 Å². The molecule has 0 rings (SSSR count). The minimum absolute atomic E-state index is 0.605. The van der Waals surface area contributed by atoms with Crippen molar-refractivity contribution in [3.05, 3.63) is 0 Å². The first kappa shape index (κ1) is 10.5. The highest BCUT2D eigenvalue weighted by Gasteiger charge is 2.22. The van der Waals surface area contributed by atoms with Crippen LogP contribution in [0.15, 0.2) is 0 Å². The van der Waals surface area contributed by atoms with E-state index in [4.69, 9.17) is 46.4 Å². The number of carbonyl (C=O) groups excluding carboxylic acids is 1. The molecule has 0 unspecified atom stereocenters. The Morgan fingerprint density at radius 3 is 1.89 bits per heavy atom. The minimum Gasteiger partial charge on any atom is -0.267 e. The van der Waals surface area contributed by atoms with Gasteiger partial charge in [0.1, 0.15) is 0 Å². The normalized spacial score (nSPS) is 11.6. The average Bonchev–Trinajstić information content (AvgIpc) is 1.59. The fourth-order valence-corrected chi connectivity index (χ4v) is 1.85. The molecule has 7 heteroatoms. The Bertz CT molecular complexity index is 110. The quantitative estimate of drug-likeness (QED) is 0.394. The summed E-state index contributed by atoms with van der Waals surface area (Å²) in [5.41, 5.74) is 0. The Morgan fingerprint density at radius 1 is 1.33 bits per heavy atom. The first-order valence-electron chi connectivity index (χ1n) is 1.53. The summed E-state index contributed by atoms with van der Waals surface area (Å²) in [7, 11) is 1.46. The van der Waals surface area contributed by atoms with Gasteiger partial charge in [0, 0.05) is 10.8 Å². The van der Waals surface area contributed by atoms with Crippen molar-refractivity contribution in [2.45, 2.75) is 3.12 Å². The molecule has 0 aliphatic carbocycles. The van der Waals surface area contributed by atoms with Crippen LogP contribution in [0.3, 0.4) is 0 Å². The van der Waals surface area contributed by atoms with Gasteiger partial charge < -0.3 is 0 Å². The molecule has 0 amide bonds. The molecule has 0 aliphatic heterocycles. The molecule has 0 aromatic rings. The van der Waals surface area contributed by atoms with E-state index in [1.165, 1.54) is 0 Å². The SMILES string of the molecule is O=C(Cl)SSC(Cl)(Cl)Cl. The van der Waals surface area contributed by atoms with E-state index in [-0.39, 0.29) is 0 Å². The van der Waals surface area contributed by atoms with E-state index in [0.29, 0.717) is 10.8 Å². The first-order chi connectivity index (χ1) is 3.92. The van der Waals surface area contributed by atoms with Crippen molar-refractivity contribution in [1.29, 1.82) is 0 Å². The van der Waals surface area contributed by atoms with Crippen LogP contribution in [0.25, 0.3) is 0 Å². The van der Waals surface area contributed by atoms with Gasteiger partial charge in [0.2, 0.25) is 3.12 Å². The van der Waals surface area contributed by atoms with Gasteiger partial charge >= 0.3 is 0 Å². The molecule has 1 nitrogen and oxygen atoms in total. The van der Waals surface area contributed by atoms with E-state index in [2.05, 4.69) is 0 Å². The topological polar surface area (TPSA) is 17.1 Å². The third-order valence-corrected chi connectivity index (χ3v) is 4.08. The highest BCUT2D eigenvalue weighted by atomic mass is 35.6. The predicted octanol–water partition coefficient (Wildman–Crippen LogP) is 4.05. The second kappa shape index (κ2) is 4.42. The number of alkyl halides is 3. The Hall–Kier alpha value is 1.53. The summed E-state index contributed by atoms with van der Waals surface area (Å²) in [6, 6.07) is 0. The lowest BCUT2D eigenvalue weighted by atomic mass is 11.8. The highest BCUT2D eigenvalue weighted by molar-refractivity contribution is 8.84. The Balaban J connectivity index is 3.39. The summed E-state index contributed by atoms with van der Waals surface area (Å²) in [5, 5.41) is 0. The average molecular weight is 246 g/mol. The maximum absolute atomic E-state index is 10.0. The molecule has 0 bridgehead atoms. The maximum atomic E-state index is 10.0. The Labute approximate surface area is 80.1 Å². The number of carbonyl (C=O) groups is 1. The predicted molar refractivity (Wildman–Crippen MR) is 46.7 cm³/mol. The lowest BCUT2D eigenvalue weighted by molar-refractivity contribution is 0.276. The molecule has 0 aromatic heterocycles. The summed E-state index contributed by atoms with van der Waals surface area (Å²) in [6.07, 6.45) is 0. The maximum Gasteiger partial charge on any atom is 0.290 e. The van der Waals surface area contributed by atoms with E-state index in [1.807, 2.05) is 0 Å². The molecule has 0 atom stereocenters. The summed E-state index contributed by atoms with van der Waals surface area (Å²) < 4.78 is -2.08. The highest BCUT2D eigenvalue weighted by Crippen LogP contribution is 2.46. The molecule has 0 radical (unpaired) electrons. The van der Waals surface area contributed by atoms with Gasteiger partial charge in [-0.1, -0.05) is 34.8 Å². The van der Waals surface area contributed by atoms with Crippen LogP contribution in [0.4, 0.5) is 4.79 Å². The van der Waals surface area contributed by atoms with Crippen LogP contribution in [0.2, 0.25) is 0 Å². The number of hydrogen-bond acceptors (Lipinski definition) is 3. The van der Waals surface area contributed by atoms with Gasteiger partial charge in [0.15, 0.2) is 0 Å². The van der Waals surface area contributed by atoms with Crippen LogP contribution in [-0.4, -0.2) is 7.70 Å². The summed E-state index contributed by atoms with van der Waals surface area (Å²) >= 11 is 20.6. The van der Waals surface area contributed by atoms with Gasteiger partial charge in [-0.15, -0.1) is 0 Å². The molecule has 0 saturated carbocycles. The molecule has 0 saturated heterocycles. The van der Waals surface area contributed by atoms with E-state index < -0.39 is 7.70 Å². The van der Waals surface area contributed by atoms with Gasteiger partial charge in [-0.05, 0) is 22.4 Å². The lowest BCUT2D eigenvalue weighted by Gasteiger charge is -2.04.